The first-order valence-electron chi connectivity index (χ1n) is 5.56. The van der Waals surface area contributed by atoms with E-state index in [2.05, 4.69) is 0 Å². The number of hydrogen-bond donors (Lipinski definition) is 1. The van der Waals surface area contributed by atoms with E-state index in [1.54, 1.807) is 19.1 Å². The number of ether oxygens (including phenoxy) is 2. The van der Waals surface area contributed by atoms with Crippen LogP contribution in [-0.2, 0) is 9.47 Å². The quantitative estimate of drug-likeness (QED) is 0.875. The minimum Gasteiger partial charge on any atom is -0.465 e. The first-order chi connectivity index (χ1) is 8.24. The van der Waals surface area contributed by atoms with Gasteiger partial charge < -0.3 is 14.6 Å². The monoisotopic (exact) mass is 237 g/mol. The number of benzene rings is 1. The topological polar surface area (TPSA) is 59.0 Å². The first kappa shape index (κ1) is 11.9. The predicted octanol–water partition coefficient (Wildman–Crippen LogP) is 2.24. The summed E-state index contributed by atoms with van der Waals surface area (Å²) in [6, 6.07) is 7.24. The third-order valence-corrected chi connectivity index (χ3v) is 2.65. The maximum Gasteiger partial charge on any atom is 0.411 e. The van der Waals surface area contributed by atoms with Crippen molar-refractivity contribution in [1.29, 1.82) is 0 Å². The third-order valence-electron chi connectivity index (χ3n) is 2.65. The second-order valence-corrected chi connectivity index (χ2v) is 3.66. The van der Waals surface area contributed by atoms with Crippen molar-refractivity contribution in [2.45, 2.75) is 13.2 Å². The van der Waals surface area contributed by atoms with Gasteiger partial charge in [0.25, 0.3) is 0 Å². The molecule has 1 fully saturated rings. The van der Waals surface area contributed by atoms with Gasteiger partial charge in [-0.3, -0.25) is 4.90 Å². The Bertz CT molecular complexity index is 401. The van der Waals surface area contributed by atoms with Gasteiger partial charge in [0.1, 0.15) is 0 Å². The molecule has 1 aliphatic heterocycles. The van der Waals surface area contributed by atoms with Gasteiger partial charge in [-0.2, -0.15) is 0 Å². The smallest absolute Gasteiger partial charge is 0.411 e. The molecule has 0 unspecified atom stereocenters. The van der Waals surface area contributed by atoms with Crippen molar-refractivity contribution < 1.29 is 19.4 Å². The lowest BCUT2D eigenvalue weighted by atomic mass is 10.1. The fraction of sp³-hybridized carbons (Fsp3) is 0.417. The second-order valence-electron chi connectivity index (χ2n) is 3.66. The number of hydrogen-bond acceptors (Lipinski definition) is 3. The largest absolute Gasteiger partial charge is 0.465 e. The zero-order valence-electron chi connectivity index (χ0n) is 9.63. The molecule has 0 aliphatic carbocycles. The highest BCUT2D eigenvalue weighted by molar-refractivity contribution is 5.87. The molecule has 2 rings (SSSR count). The van der Waals surface area contributed by atoms with Crippen molar-refractivity contribution in [3.8, 4) is 0 Å². The lowest BCUT2D eigenvalue weighted by molar-refractivity contribution is -0.0437. The van der Waals surface area contributed by atoms with Crippen LogP contribution in [0, 0.1) is 0 Å². The summed E-state index contributed by atoms with van der Waals surface area (Å²) in [5.74, 6) is 0. The molecule has 17 heavy (non-hydrogen) atoms. The number of carbonyl (C=O) groups is 1. The summed E-state index contributed by atoms with van der Waals surface area (Å²) < 4.78 is 10.8. The SMILES string of the molecule is CCN(C(=O)O)c1ccccc1C1OCCO1. The number of anilines is 1. The highest BCUT2D eigenvalue weighted by Crippen LogP contribution is 2.31. The molecule has 92 valence electrons. The van der Waals surface area contributed by atoms with Crippen molar-refractivity contribution in [3.05, 3.63) is 29.8 Å². The number of para-hydroxylation sites is 1. The fourth-order valence-corrected chi connectivity index (χ4v) is 1.88. The van der Waals surface area contributed by atoms with Crippen LogP contribution in [0.2, 0.25) is 0 Å². The van der Waals surface area contributed by atoms with Gasteiger partial charge in [0.15, 0.2) is 6.29 Å². The fourth-order valence-electron chi connectivity index (χ4n) is 1.88. The molecule has 0 bridgehead atoms. The lowest BCUT2D eigenvalue weighted by Gasteiger charge is -2.22. The summed E-state index contributed by atoms with van der Waals surface area (Å²) in [6.45, 7) is 3.26. The van der Waals surface area contributed by atoms with Crippen molar-refractivity contribution in [2.75, 3.05) is 24.7 Å². The molecule has 1 saturated heterocycles. The van der Waals surface area contributed by atoms with Crippen molar-refractivity contribution in [2.24, 2.45) is 0 Å². The van der Waals surface area contributed by atoms with Gasteiger partial charge in [0.05, 0.1) is 18.9 Å². The van der Waals surface area contributed by atoms with Crippen LogP contribution >= 0.6 is 0 Å². The summed E-state index contributed by atoms with van der Waals surface area (Å²) in [7, 11) is 0. The highest BCUT2D eigenvalue weighted by Gasteiger charge is 2.24. The summed E-state index contributed by atoms with van der Waals surface area (Å²) in [5.41, 5.74) is 1.38. The van der Waals surface area contributed by atoms with Crippen LogP contribution in [0.25, 0.3) is 0 Å². The number of carboxylic acid groups (broad SMARTS) is 1. The van der Waals surface area contributed by atoms with Crippen LogP contribution in [0.4, 0.5) is 10.5 Å². The van der Waals surface area contributed by atoms with E-state index in [0.717, 1.165) is 5.56 Å². The van der Waals surface area contributed by atoms with Gasteiger partial charge in [-0.05, 0) is 13.0 Å². The van der Waals surface area contributed by atoms with E-state index in [1.807, 2.05) is 12.1 Å². The van der Waals surface area contributed by atoms with Gasteiger partial charge in [-0.15, -0.1) is 0 Å². The maximum atomic E-state index is 11.1. The van der Waals surface area contributed by atoms with Crippen molar-refractivity contribution in [1.82, 2.24) is 0 Å². The predicted molar refractivity (Wildman–Crippen MR) is 62.1 cm³/mol. The van der Waals surface area contributed by atoms with Crippen LogP contribution in [0.5, 0.6) is 0 Å². The van der Waals surface area contributed by atoms with Crippen LogP contribution in [-0.4, -0.2) is 31.0 Å². The Labute approximate surface area is 99.6 Å². The molecule has 1 amide bonds. The minimum absolute atomic E-state index is 0.388. The molecular formula is C12H15NO4. The number of amides is 1. The minimum atomic E-state index is -0.974. The molecule has 0 radical (unpaired) electrons. The highest BCUT2D eigenvalue weighted by atomic mass is 16.7. The van der Waals surface area contributed by atoms with E-state index in [1.165, 1.54) is 4.90 Å². The van der Waals surface area contributed by atoms with Crippen LogP contribution in [0.3, 0.4) is 0 Å². The van der Waals surface area contributed by atoms with Gasteiger partial charge >= 0.3 is 6.09 Å². The molecule has 1 N–H and O–H groups in total. The Morgan fingerprint density at radius 3 is 2.65 bits per heavy atom. The van der Waals surface area contributed by atoms with E-state index < -0.39 is 12.4 Å². The molecule has 1 aromatic carbocycles. The molecule has 1 aromatic rings. The van der Waals surface area contributed by atoms with Gasteiger partial charge in [-0.25, -0.2) is 4.79 Å². The third kappa shape index (κ3) is 2.40. The molecular weight excluding hydrogens is 222 g/mol. The van der Waals surface area contributed by atoms with E-state index >= 15 is 0 Å². The molecule has 0 atom stereocenters. The lowest BCUT2D eigenvalue weighted by Crippen LogP contribution is -2.30. The van der Waals surface area contributed by atoms with Gasteiger partial charge in [-0.1, -0.05) is 18.2 Å². The summed E-state index contributed by atoms with van der Waals surface area (Å²) in [4.78, 5) is 12.4. The Morgan fingerprint density at radius 1 is 1.41 bits per heavy atom. The Hall–Kier alpha value is -1.59. The summed E-state index contributed by atoms with van der Waals surface area (Å²) >= 11 is 0. The van der Waals surface area contributed by atoms with Gasteiger partial charge in [0.2, 0.25) is 0 Å². The van der Waals surface area contributed by atoms with Crippen LogP contribution in [0.1, 0.15) is 18.8 Å². The molecule has 5 heteroatoms. The zero-order valence-corrected chi connectivity index (χ0v) is 9.63. The van der Waals surface area contributed by atoms with Gasteiger partial charge in [0, 0.05) is 12.1 Å². The number of nitrogens with zero attached hydrogens (tertiary/aromatic N) is 1. The molecule has 0 spiro atoms. The van der Waals surface area contributed by atoms with E-state index in [-0.39, 0.29) is 0 Å². The summed E-state index contributed by atoms with van der Waals surface area (Å²) in [6.07, 6.45) is -1.43. The zero-order chi connectivity index (χ0) is 12.3. The standard InChI is InChI=1S/C12H15NO4/c1-2-13(12(14)15)10-6-4-3-5-9(10)11-16-7-8-17-11/h3-6,11H,2,7-8H2,1H3,(H,14,15). The molecule has 0 aromatic heterocycles. The number of rotatable bonds is 3. The molecule has 1 aliphatic rings. The van der Waals surface area contributed by atoms with E-state index in [4.69, 9.17) is 14.6 Å². The average molecular weight is 237 g/mol. The van der Waals surface area contributed by atoms with Crippen molar-refractivity contribution in [3.63, 3.8) is 0 Å². The normalized spacial score (nSPS) is 16.1. The van der Waals surface area contributed by atoms with E-state index in [9.17, 15) is 4.79 Å². The Morgan fingerprint density at radius 2 is 2.06 bits per heavy atom. The van der Waals surface area contributed by atoms with E-state index in [0.29, 0.717) is 25.4 Å². The van der Waals surface area contributed by atoms with Crippen LogP contribution < -0.4 is 4.90 Å². The molecule has 0 saturated carbocycles. The average Bonchev–Trinajstić information content (AvgIpc) is 2.83. The van der Waals surface area contributed by atoms with Crippen molar-refractivity contribution >= 4 is 11.8 Å². The molecule has 1 heterocycles. The molecule has 5 nitrogen and oxygen atoms in total. The maximum absolute atomic E-state index is 11.1. The Balaban J connectivity index is 2.35. The first-order valence-corrected chi connectivity index (χ1v) is 5.56. The summed E-state index contributed by atoms with van der Waals surface area (Å²) in [5, 5.41) is 9.14. The Kier molecular flexibility index (Phi) is 3.61. The van der Waals surface area contributed by atoms with Crippen LogP contribution in [0.15, 0.2) is 24.3 Å². The second kappa shape index (κ2) is 5.16.